The van der Waals surface area contributed by atoms with E-state index in [1.54, 1.807) is 7.05 Å². The summed E-state index contributed by atoms with van der Waals surface area (Å²) in [6.07, 6.45) is 1.41. The fourth-order valence-electron chi connectivity index (χ4n) is 4.44. The number of carboxylic acids is 1. The lowest BCUT2D eigenvalue weighted by atomic mass is 9.76. The number of likely N-dealkylation sites (N-methyl/N-ethyl adjacent to an activating group) is 2. The molecule has 0 aromatic heterocycles. The first kappa shape index (κ1) is 35.2. The highest BCUT2D eigenvalue weighted by Crippen LogP contribution is 2.28. The Balaban J connectivity index is 2.15. The van der Waals surface area contributed by atoms with Crippen LogP contribution in [0.15, 0.2) is 71.1 Å². The van der Waals surface area contributed by atoms with Gasteiger partial charge in [0.05, 0.1) is 16.5 Å². The quantitative estimate of drug-likeness (QED) is 0.265. The molecule has 0 bridgehead atoms. The van der Waals surface area contributed by atoms with E-state index in [2.05, 4.69) is 10.6 Å². The average Bonchev–Trinajstić information content (AvgIpc) is 2.93. The van der Waals surface area contributed by atoms with E-state index in [0.29, 0.717) is 0 Å². The number of nitrogens with one attached hydrogen (secondary N) is 3. The van der Waals surface area contributed by atoms with Gasteiger partial charge in [-0.3, -0.25) is 14.4 Å². The van der Waals surface area contributed by atoms with E-state index in [4.69, 9.17) is 5.11 Å². The van der Waals surface area contributed by atoms with Gasteiger partial charge in [-0.25, -0.2) is 17.9 Å². The molecule has 11 nitrogen and oxygen atoms in total. The van der Waals surface area contributed by atoms with Crippen molar-refractivity contribution in [3.63, 3.8) is 0 Å². The summed E-state index contributed by atoms with van der Waals surface area (Å²) < 4.78 is 27.1. The molecule has 43 heavy (non-hydrogen) atoms. The van der Waals surface area contributed by atoms with Crippen molar-refractivity contribution in [2.24, 2.45) is 5.41 Å². The number of carbonyl (C=O) groups is 4. The van der Waals surface area contributed by atoms with Crippen LogP contribution >= 0.6 is 0 Å². The van der Waals surface area contributed by atoms with E-state index >= 15 is 0 Å². The van der Waals surface area contributed by atoms with Crippen molar-refractivity contribution in [3.8, 4) is 0 Å². The van der Waals surface area contributed by atoms with Crippen LogP contribution in [-0.2, 0) is 29.8 Å². The molecule has 2 atom stereocenters. The van der Waals surface area contributed by atoms with Gasteiger partial charge < -0.3 is 20.6 Å². The smallest absolute Gasteiger partial charge is 0.335 e. The Morgan fingerprint density at radius 1 is 0.930 bits per heavy atom. The van der Waals surface area contributed by atoms with Gasteiger partial charge >= 0.3 is 5.97 Å². The second-order valence-electron chi connectivity index (χ2n) is 12.0. The maximum atomic E-state index is 13.6. The van der Waals surface area contributed by atoms with Crippen LogP contribution in [0.5, 0.6) is 0 Å². The maximum absolute atomic E-state index is 13.6. The van der Waals surface area contributed by atoms with Gasteiger partial charge in [0.2, 0.25) is 11.8 Å². The molecule has 0 heterocycles. The summed E-state index contributed by atoms with van der Waals surface area (Å²) >= 11 is 0. The topological polar surface area (TPSA) is 162 Å². The Morgan fingerprint density at radius 2 is 1.49 bits per heavy atom. The van der Waals surface area contributed by atoms with Gasteiger partial charge in [0, 0.05) is 24.6 Å². The van der Waals surface area contributed by atoms with E-state index in [-0.39, 0.29) is 34.4 Å². The lowest BCUT2D eigenvalue weighted by molar-refractivity contribution is -0.139. The molecule has 0 saturated carbocycles. The van der Waals surface area contributed by atoms with Crippen molar-refractivity contribution >= 4 is 33.7 Å². The summed E-state index contributed by atoms with van der Waals surface area (Å²) in [6, 6.07) is 12.5. The number of carbonyl (C=O) groups excluding carboxylic acids is 3. The predicted octanol–water partition coefficient (Wildman–Crippen LogP) is 2.69. The molecule has 0 spiro atoms. The summed E-state index contributed by atoms with van der Waals surface area (Å²) in [6.45, 7) is 10.8. The third-order valence-electron chi connectivity index (χ3n) is 7.23. The second kappa shape index (κ2) is 14.0. The fraction of sp³-hybridized carbons (Fsp3) is 0.419. The van der Waals surface area contributed by atoms with Crippen molar-refractivity contribution in [3.05, 3.63) is 77.4 Å². The van der Waals surface area contributed by atoms with Gasteiger partial charge in [-0.15, -0.1) is 0 Å². The van der Waals surface area contributed by atoms with Crippen LogP contribution in [0.4, 0.5) is 0 Å². The van der Waals surface area contributed by atoms with E-state index < -0.39 is 44.8 Å². The van der Waals surface area contributed by atoms with E-state index in [9.17, 15) is 27.6 Å². The zero-order chi connectivity index (χ0) is 32.8. The van der Waals surface area contributed by atoms with Crippen LogP contribution in [0, 0.1) is 5.41 Å². The van der Waals surface area contributed by atoms with Crippen LogP contribution in [0.3, 0.4) is 0 Å². The molecule has 0 saturated heterocycles. The minimum atomic E-state index is -4.26. The largest absolute Gasteiger partial charge is 0.478 e. The molecule has 234 valence electrons. The van der Waals surface area contributed by atoms with Gasteiger partial charge in [-0.1, -0.05) is 71.0 Å². The van der Waals surface area contributed by atoms with Crippen LogP contribution in [0.25, 0.3) is 0 Å². The molecular weight excluding hydrogens is 572 g/mol. The SMILES string of the molecule is CN[C@H](C(=O)NC(C(=O)N(C)C/C=C(\C)C(=O)NS(=O)(=O)c1ccc(C(=O)O)cc1)C(C)(C)C)C(C)(C)c1ccccc1. The number of benzene rings is 2. The molecular formula is C31H42N4O7S. The van der Waals surface area contributed by atoms with Gasteiger partial charge in [0.25, 0.3) is 15.9 Å². The molecule has 2 aromatic carbocycles. The summed E-state index contributed by atoms with van der Waals surface area (Å²) in [5, 5.41) is 15.0. The average molecular weight is 615 g/mol. The molecule has 0 aliphatic rings. The molecule has 0 aliphatic carbocycles. The van der Waals surface area contributed by atoms with E-state index in [0.717, 1.165) is 29.8 Å². The zero-order valence-corrected chi connectivity index (χ0v) is 26.7. The summed E-state index contributed by atoms with van der Waals surface area (Å²) in [7, 11) is -1.04. The molecule has 0 aliphatic heterocycles. The van der Waals surface area contributed by atoms with E-state index in [1.807, 2.05) is 69.7 Å². The van der Waals surface area contributed by atoms with Gasteiger partial charge in [-0.2, -0.15) is 0 Å². The van der Waals surface area contributed by atoms with Crippen molar-refractivity contribution in [1.29, 1.82) is 0 Å². The van der Waals surface area contributed by atoms with Crippen molar-refractivity contribution in [2.45, 2.75) is 63.9 Å². The number of rotatable bonds is 12. The Hall–Kier alpha value is -4.03. The lowest BCUT2D eigenvalue weighted by Crippen LogP contribution is -2.60. The number of aromatic carboxylic acids is 1. The molecule has 1 unspecified atom stereocenters. The van der Waals surface area contributed by atoms with Gasteiger partial charge in [-0.05, 0) is 49.2 Å². The predicted molar refractivity (Wildman–Crippen MR) is 164 cm³/mol. The number of carboxylic acid groups (broad SMARTS) is 1. The first-order chi connectivity index (χ1) is 19.8. The number of sulfonamides is 1. The Kier molecular flexibility index (Phi) is 11.4. The highest BCUT2D eigenvalue weighted by Gasteiger charge is 2.40. The maximum Gasteiger partial charge on any atom is 0.335 e. The molecule has 4 N–H and O–H groups in total. The van der Waals surface area contributed by atoms with Crippen molar-refractivity contribution in [2.75, 3.05) is 20.6 Å². The molecule has 12 heteroatoms. The second-order valence-corrected chi connectivity index (χ2v) is 13.7. The number of amides is 3. The lowest BCUT2D eigenvalue weighted by Gasteiger charge is -2.38. The number of nitrogens with zero attached hydrogens (tertiary/aromatic N) is 1. The number of hydrogen-bond donors (Lipinski definition) is 4. The highest BCUT2D eigenvalue weighted by molar-refractivity contribution is 7.90. The van der Waals surface area contributed by atoms with Gasteiger partial charge in [0.15, 0.2) is 0 Å². The summed E-state index contributed by atoms with van der Waals surface area (Å²) in [5.41, 5.74) is -0.347. The first-order valence-corrected chi connectivity index (χ1v) is 15.2. The van der Waals surface area contributed by atoms with Crippen LogP contribution in [0.2, 0.25) is 0 Å². The Bertz CT molecular complexity index is 1460. The Labute approximate surface area is 253 Å². The monoisotopic (exact) mass is 614 g/mol. The molecule has 0 radical (unpaired) electrons. The first-order valence-electron chi connectivity index (χ1n) is 13.7. The summed E-state index contributed by atoms with van der Waals surface area (Å²) in [4.78, 5) is 51.8. The van der Waals surface area contributed by atoms with Crippen molar-refractivity contribution in [1.82, 2.24) is 20.3 Å². The molecule has 2 aromatic rings. The third-order valence-corrected chi connectivity index (χ3v) is 8.58. The molecule has 0 fully saturated rings. The minimum Gasteiger partial charge on any atom is -0.478 e. The van der Waals surface area contributed by atoms with Crippen LogP contribution in [0.1, 0.15) is 57.5 Å². The highest BCUT2D eigenvalue weighted by atomic mass is 32.2. The molecule has 2 rings (SSSR count). The zero-order valence-electron chi connectivity index (χ0n) is 25.9. The fourth-order valence-corrected chi connectivity index (χ4v) is 5.46. The molecule has 3 amide bonds. The summed E-state index contributed by atoms with van der Waals surface area (Å²) in [5.74, 6) is -2.84. The van der Waals surface area contributed by atoms with Crippen LogP contribution in [-0.4, -0.2) is 74.8 Å². The normalized spacial score (nSPS) is 13.9. The number of hydrogen-bond acceptors (Lipinski definition) is 7. The van der Waals surface area contributed by atoms with Crippen molar-refractivity contribution < 1.29 is 32.7 Å². The van der Waals surface area contributed by atoms with E-state index in [1.165, 1.54) is 24.9 Å². The standard InChI is InChI=1S/C31H42N4O7S/c1-20(26(36)34-43(41,42)23-16-14-21(15-17-23)29(39)40)18-19-35(8)28(38)25(30(2,3)4)33-27(37)24(32-7)31(5,6)22-12-10-9-11-13-22/h9-18,24-25,32H,19H2,1-8H3,(H,33,37)(H,34,36)(H,39,40)/b20-18+/t24-,25?/m1/s1. The minimum absolute atomic E-state index is 0.0289. The Morgan fingerprint density at radius 3 is 1.98 bits per heavy atom. The third kappa shape index (κ3) is 8.98. The van der Waals surface area contributed by atoms with Crippen LogP contribution < -0.4 is 15.4 Å². The van der Waals surface area contributed by atoms with Gasteiger partial charge in [0.1, 0.15) is 6.04 Å².